The van der Waals surface area contributed by atoms with E-state index in [9.17, 15) is 4.39 Å². The summed E-state index contributed by atoms with van der Waals surface area (Å²) in [4.78, 5) is 5.23. The van der Waals surface area contributed by atoms with Crippen LogP contribution in [0.4, 0.5) is 4.39 Å². The minimum Gasteiger partial charge on any atom is -0.354 e. The Bertz CT molecular complexity index is 1150. The van der Waals surface area contributed by atoms with Crippen molar-refractivity contribution in [2.75, 3.05) is 39.8 Å². The third-order valence-corrected chi connectivity index (χ3v) is 8.61. The molecule has 38 heavy (non-hydrogen) atoms. The van der Waals surface area contributed by atoms with Crippen LogP contribution in [0.3, 0.4) is 0 Å². The number of benzene rings is 1. The van der Waals surface area contributed by atoms with Crippen LogP contribution in [-0.4, -0.2) is 60.2 Å². The summed E-state index contributed by atoms with van der Waals surface area (Å²) in [5.41, 5.74) is 10.4. The van der Waals surface area contributed by atoms with Crippen molar-refractivity contribution in [3.05, 3.63) is 71.6 Å². The lowest BCUT2D eigenvalue weighted by atomic mass is 9.89. The van der Waals surface area contributed by atoms with Crippen molar-refractivity contribution in [3.8, 4) is 0 Å². The highest BCUT2D eigenvalue weighted by Gasteiger charge is 2.30. The number of nitrogens with zero attached hydrogens (tertiary/aromatic N) is 3. The van der Waals surface area contributed by atoms with Crippen molar-refractivity contribution >= 4 is 10.9 Å². The van der Waals surface area contributed by atoms with Gasteiger partial charge in [-0.15, -0.1) is 0 Å². The summed E-state index contributed by atoms with van der Waals surface area (Å²) in [7, 11) is 2.03. The number of aromatic nitrogens is 1. The monoisotopic (exact) mass is 520 g/mol. The Kier molecular flexibility index (Phi) is 9.07. The fraction of sp³-hybridized carbons (Fsp3) is 0.548. The average molecular weight is 521 g/mol. The number of nitrogens with one attached hydrogen (secondary N) is 3. The predicted molar refractivity (Wildman–Crippen MR) is 155 cm³/mol. The Morgan fingerprint density at radius 2 is 1.84 bits per heavy atom. The third-order valence-electron chi connectivity index (χ3n) is 8.61. The minimum atomic E-state index is -0.116. The van der Waals surface area contributed by atoms with E-state index in [4.69, 9.17) is 0 Å². The molecule has 3 N–H and O–H groups in total. The Morgan fingerprint density at radius 3 is 2.61 bits per heavy atom. The zero-order chi connectivity index (χ0) is 26.3. The Hall–Kier alpha value is -2.77. The van der Waals surface area contributed by atoms with E-state index in [0.717, 1.165) is 62.9 Å². The molecule has 2 aromatic rings. The van der Waals surface area contributed by atoms with E-state index in [-0.39, 0.29) is 5.82 Å². The fourth-order valence-corrected chi connectivity index (χ4v) is 6.51. The van der Waals surface area contributed by atoms with Crippen LogP contribution in [0.1, 0.15) is 64.3 Å². The summed E-state index contributed by atoms with van der Waals surface area (Å²) in [6, 6.07) is 8.50. The highest BCUT2D eigenvalue weighted by molar-refractivity contribution is 5.80. The molecule has 1 saturated carbocycles. The van der Waals surface area contributed by atoms with Gasteiger partial charge in [-0.2, -0.15) is 0 Å². The van der Waals surface area contributed by atoms with Gasteiger partial charge >= 0.3 is 0 Å². The molecule has 3 heterocycles. The first-order valence-corrected chi connectivity index (χ1v) is 14.7. The molecule has 6 nitrogen and oxygen atoms in total. The van der Waals surface area contributed by atoms with E-state index >= 15 is 0 Å². The van der Waals surface area contributed by atoms with Gasteiger partial charge in [0.2, 0.25) is 0 Å². The van der Waals surface area contributed by atoms with Crippen molar-refractivity contribution in [3.63, 3.8) is 0 Å². The normalized spacial score (nSPS) is 23.1. The first kappa shape index (κ1) is 26.8. The second-order valence-electron chi connectivity index (χ2n) is 11.0. The lowest BCUT2D eigenvalue weighted by molar-refractivity contribution is 0.0814. The first-order valence-electron chi connectivity index (χ1n) is 14.7. The zero-order valence-corrected chi connectivity index (χ0v) is 23.2. The average Bonchev–Trinajstić information content (AvgIpc) is 3.41. The molecule has 2 aliphatic heterocycles. The molecule has 1 aromatic carbocycles. The molecular formula is C31H45FN6. The maximum Gasteiger partial charge on any atom is 0.132 e. The fourth-order valence-electron chi connectivity index (χ4n) is 6.51. The van der Waals surface area contributed by atoms with Crippen molar-refractivity contribution in [1.82, 2.24) is 30.5 Å². The molecule has 1 aliphatic carbocycles. The quantitative estimate of drug-likeness (QED) is 0.364. The van der Waals surface area contributed by atoms with E-state index in [1.54, 1.807) is 6.07 Å². The summed E-state index contributed by atoms with van der Waals surface area (Å²) < 4.78 is 16.5. The third kappa shape index (κ3) is 5.94. The molecule has 206 valence electrons. The number of unbranched alkanes of at least 4 members (excludes halogenated alkanes) is 3. The number of hydrogen-bond acceptors (Lipinski definition) is 5. The maximum absolute atomic E-state index is 14.2. The molecule has 1 aromatic heterocycles. The van der Waals surface area contributed by atoms with Crippen molar-refractivity contribution in [1.29, 1.82) is 0 Å². The molecule has 0 spiro atoms. The number of hydrogen-bond donors (Lipinski definition) is 3. The minimum absolute atomic E-state index is 0.116. The Labute approximate surface area is 227 Å². The van der Waals surface area contributed by atoms with Gasteiger partial charge in [-0.25, -0.2) is 4.39 Å². The van der Waals surface area contributed by atoms with Gasteiger partial charge in [-0.05, 0) is 75.4 Å². The Balaban J connectivity index is 1.19. The highest BCUT2D eigenvalue weighted by Crippen LogP contribution is 2.35. The van der Waals surface area contributed by atoms with Gasteiger partial charge in [0.1, 0.15) is 11.6 Å². The number of piperazine rings is 1. The van der Waals surface area contributed by atoms with Gasteiger partial charge in [0.15, 0.2) is 0 Å². The first-order chi connectivity index (χ1) is 18.7. The molecule has 2 fully saturated rings. The van der Waals surface area contributed by atoms with Crippen molar-refractivity contribution in [2.45, 2.75) is 70.4 Å². The molecule has 0 radical (unpaired) electrons. The van der Waals surface area contributed by atoms with Gasteiger partial charge in [-0.3, -0.25) is 10.3 Å². The van der Waals surface area contributed by atoms with Crippen LogP contribution in [0, 0.1) is 5.82 Å². The Morgan fingerprint density at radius 1 is 1.05 bits per heavy atom. The number of allylic oxidation sites excluding steroid dienone is 2. The second kappa shape index (κ2) is 12.9. The van der Waals surface area contributed by atoms with Gasteiger partial charge in [-0.1, -0.05) is 31.9 Å². The number of likely N-dealkylation sites (N-methyl/N-ethyl adjacent to an activating group) is 1. The maximum atomic E-state index is 14.2. The molecule has 0 atom stereocenters. The van der Waals surface area contributed by atoms with Crippen LogP contribution in [0.5, 0.6) is 0 Å². The van der Waals surface area contributed by atoms with E-state index in [0.29, 0.717) is 12.1 Å². The van der Waals surface area contributed by atoms with E-state index in [1.807, 2.05) is 25.4 Å². The number of hydrazine groups is 1. The summed E-state index contributed by atoms with van der Waals surface area (Å²) in [5.74, 6) is 1.09. The molecule has 1 saturated heterocycles. The molecule has 5 rings (SSSR count). The van der Waals surface area contributed by atoms with Gasteiger partial charge in [0.25, 0.3) is 0 Å². The summed E-state index contributed by atoms with van der Waals surface area (Å²) in [5, 5.41) is 4.12. The lowest BCUT2D eigenvalue weighted by Gasteiger charge is -2.44. The van der Waals surface area contributed by atoms with Gasteiger partial charge in [0.05, 0.1) is 5.52 Å². The zero-order valence-electron chi connectivity index (χ0n) is 23.2. The van der Waals surface area contributed by atoms with Crippen LogP contribution in [0.25, 0.3) is 10.9 Å². The summed E-state index contributed by atoms with van der Waals surface area (Å²) >= 11 is 0. The number of halogens is 1. The van der Waals surface area contributed by atoms with E-state index in [1.165, 1.54) is 49.1 Å². The summed E-state index contributed by atoms with van der Waals surface area (Å²) in [6.45, 7) is 7.39. The van der Waals surface area contributed by atoms with Crippen molar-refractivity contribution < 1.29 is 4.39 Å². The SMILES string of the molecule is CCCCC/C=C(\CNC)C1=C(N2CCN(C3CCC(n4ccc5c(F)cccc54)CC3)CC2)NNC=C1. The highest BCUT2D eigenvalue weighted by atomic mass is 19.1. The standard InChI is InChI=1S/C31H45FN6/c1-3-4-5-6-8-24(23-33-2)27-15-17-34-35-31(27)37-21-19-36(20-22-37)25-11-13-26(14-12-25)38-18-16-28-29(32)9-7-10-30(28)38/h7-10,15-18,25-26,33-35H,3-6,11-14,19-23H2,1-2H3/b24-8+. The largest absolute Gasteiger partial charge is 0.354 e. The predicted octanol–water partition coefficient (Wildman–Crippen LogP) is 5.44. The van der Waals surface area contributed by atoms with Crippen LogP contribution < -0.4 is 16.2 Å². The topological polar surface area (TPSA) is 47.5 Å². The van der Waals surface area contributed by atoms with Gasteiger partial charge < -0.3 is 20.2 Å². The van der Waals surface area contributed by atoms with Crippen molar-refractivity contribution in [2.24, 2.45) is 0 Å². The van der Waals surface area contributed by atoms with E-state index in [2.05, 4.69) is 61.9 Å². The molecule has 3 aliphatic rings. The van der Waals surface area contributed by atoms with Gasteiger partial charge in [0, 0.05) is 68.2 Å². The number of fused-ring (bicyclic) bond motifs is 1. The number of rotatable bonds is 10. The van der Waals surface area contributed by atoms with Crippen LogP contribution >= 0.6 is 0 Å². The van der Waals surface area contributed by atoms with Crippen LogP contribution in [0.15, 0.2) is 65.8 Å². The lowest BCUT2D eigenvalue weighted by Crippen LogP contribution is -2.53. The van der Waals surface area contributed by atoms with Crippen LogP contribution in [0.2, 0.25) is 0 Å². The van der Waals surface area contributed by atoms with Crippen LogP contribution in [-0.2, 0) is 0 Å². The second-order valence-corrected chi connectivity index (χ2v) is 11.0. The molecule has 0 unspecified atom stereocenters. The molecule has 0 bridgehead atoms. The molecule has 0 amide bonds. The molecule has 7 heteroatoms. The summed E-state index contributed by atoms with van der Waals surface area (Å²) in [6.07, 6.45) is 18.4. The smallest absolute Gasteiger partial charge is 0.132 e. The van der Waals surface area contributed by atoms with E-state index < -0.39 is 0 Å². The molecular weight excluding hydrogens is 475 g/mol.